The molecule has 0 spiro atoms. The summed E-state index contributed by atoms with van der Waals surface area (Å²) >= 11 is 0. The monoisotopic (exact) mass is 157 g/mol. The molecule has 0 radical (unpaired) electrons. The Labute approximate surface area is 71.8 Å². The van der Waals surface area contributed by atoms with Crippen LogP contribution < -0.4 is 0 Å². The highest BCUT2D eigenvalue weighted by Crippen LogP contribution is 2.08. The summed E-state index contributed by atoms with van der Waals surface area (Å²) in [5.74, 6) is 0.778. The molecule has 0 aliphatic heterocycles. The van der Waals surface area contributed by atoms with Crippen molar-refractivity contribution in [3.05, 3.63) is 0 Å². The molecule has 0 saturated carbocycles. The summed E-state index contributed by atoms with van der Waals surface area (Å²) in [6.07, 6.45) is 0. The van der Waals surface area contributed by atoms with Crippen LogP contribution in [-0.4, -0.2) is 23.5 Å². The Kier molecular flexibility index (Phi) is 4.74. The van der Waals surface area contributed by atoms with E-state index in [9.17, 15) is 0 Å². The van der Waals surface area contributed by atoms with Crippen LogP contribution in [-0.2, 0) is 0 Å². The van der Waals surface area contributed by atoms with Crippen LogP contribution in [0, 0.1) is 5.92 Å². The SMILES string of the molecule is CC(C)CN(C(C)C)C(C)C. The van der Waals surface area contributed by atoms with Gasteiger partial charge < -0.3 is 0 Å². The first-order chi connectivity index (χ1) is 4.95. The van der Waals surface area contributed by atoms with E-state index in [0.717, 1.165) is 5.92 Å². The zero-order valence-electron chi connectivity index (χ0n) is 8.89. The zero-order valence-corrected chi connectivity index (χ0v) is 8.89. The van der Waals surface area contributed by atoms with Crippen molar-refractivity contribution < 1.29 is 0 Å². The van der Waals surface area contributed by atoms with Gasteiger partial charge in [0.05, 0.1) is 0 Å². The minimum atomic E-state index is 0.678. The molecule has 0 saturated heterocycles. The lowest BCUT2D eigenvalue weighted by Gasteiger charge is -2.31. The summed E-state index contributed by atoms with van der Waals surface area (Å²) in [6, 6.07) is 1.36. The van der Waals surface area contributed by atoms with E-state index in [-0.39, 0.29) is 0 Å². The van der Waals surface area contributed by atoms with Crippen molar-refractivity contribution in [2.45, 2.75) is 53.6 Å². The second-order valence-corrected chi connectivity index (χ2v) is 4.28. The molecular formula is C10H23N. The van der Waals surface area contributed by atoms with Crippen LogP contribution in [0.25, 0.3) is 0 Å². The summed E-state index contributed by atoms with van der Waals surface area (Å²) < 4.78 is 0. The maximum Gasteiger partial charge on any atom is 0.00414 e. The van der Waals surface area contributed by atoms with Crippen LogP contribution in [0.15, 0.2) is 0 Å². The number of hydrogen-bond acceptors (Lipinski definition) is 1. The average molecular weight is 157 g/mol. The summed E-state index contributed by atoms with van der Waals surface area (Å²) in [4.78, 5) is 2.53. The zero-order chi connectivity index (χ0) is 9.02. The van der Waals surface area contributed by atoms with Crippen LogP contribution in [0.5, 0.6) is 0 Å². The van der Waals surface area contributed by atoms with Gasteiger partial charge in [-0.15, -0.1) is 0 Å². The van der Waals surface area contributed by atoms with Gasteiger partial charge in [-0.2, -0.15) is 0 Å². The van der Waals surface area contributed by atoms with Crippen molar-refractivity contribution >= 4 is 0 Å². The topological polar surface area (TPSA) is 3.24 Å². The Morgan fingerprint density at radius 2 is 1.18 bits per heavy atom. The highest BCUT2D eigenvalue weighted by Gasteiger charge is 2.13. The highest BCUT2D eigenvalue weighted by molar-refractivity contribution is 4.68. The molecule has 0 bridgehead atoms. The molecule has 0 aromatic heterocycles. The maximum atomic E-state index is 2.53. The smallest absolute Gasteiger partial charge is 0.00414 e. The van der Waals surface area contributed by atoms with Crippen LogP contribution in [0.1, 0.15) is 41.5 Å². The Balaban J connectivity index is 3.90. The summed E-state index contributed by atoms with van der Waals surface area (Å²) in [7, 11) is 0. The van der Waals surface area contributed by atoms with E-state index in [4.69, 9.17) is 0 Å². The average Bonchev–Trinajstić information content (AvgIpc) is 1.81. The van der Waals surface area contributed by atoms with E-state index >= 15 is 0 Å². The van der Waals surface area contributed by atoms with Gasteiger partial charge in [0, 0.05) is 18.6 Å². The lowest BCUT2D eigenvalue weighted by atomic mass is 10.1. The molecule has 0 aromatic carbocycles. The van der Waals surface area contributed by atoms with Crippen LogP contribution in [0.2, 0.25) is 0 Å². The molecule has 0 rings (SSSR count). The second-order valence-electron chi connectivity index (χ2n) is 4.28. The Hall–Kier alpha value is -0.0400. The molecular weight excluding hydrogens is 134 g/mol. The highest BCUT2D eigenvalue weighted by atomic mass is 15.2. The van der Waals surface area contributed by atoms with Crippen molar-refractivity contribution in [3.8, 4) is 0 Å². The van der Waals surface area contributed by atoms with Crippen LogP contribution in [0.3, 0.4) is 0 Å². The third kappa shape index (κ3) is 4.41. The lowest BCUT2D eigenvalue weighted by Crippen LogP contribution is -2.39. The standard InChI is InChI=1S/C10H23N/c1-8(2)7-11(9(3)4)10(5)6/h8-10H,7H2,1-6H3. The summed E-state index contributed by atoms with van der Waals surface area (Å²) in [6.45, 7) is 14.8. The fourth-order valence-corrected chi connectivity index (χ4v) is 1.44. The van der Waals surface area contributed by atoms with Crippen LogP contribution >= 0.6 is 0 Å². The van der Waals surface area contributed by atoms with Gasteiger partial charge in [-0.25, -0.2) is 0 Å². The normalized spacial score (nSPS) is 12.5. The van der Waals surface area contributed by atoms with E-state index in [2.05, 4.69) is 46.4 Å². The molecule has 11 heavy (non-hydrogen) atoms. The molecule has 0 heterocycles. The third-order valence-corrected chi connectivity index (χ3v) is 1.90. The van der Waals surface area contributed by atoms with Crippen molar-refractivity contribution in [2.24, 2.45) is 5.92 Å². The fraction of sp³-hybridized carbons (Fsp3) is 1.00. The van der Waals surface area contributed by atoms with E-state index in [1.165, 1.54) is 6.54 Å². The van der Waals surface area contributed by atoms with Crippen molar-refractivity contribution in [1.82, 2.24) is 4.90 Å². The molecule has 0 fully saturated rings. The largest absolute Gasteiger partial charge is 0.298 e. The molecule has 0 N–H and O–H groups in total. The third-order valence-electron chi connectivity index (χ3n) is 1.90. The molecule has 1 heteroatoms. The van der Waals surface area contributed by atoms with Crippen molar-refractivity contribution in [2.75, 3.05) is 6.54 Å². The molecule has 0 aliphatic carbocycles. The van der Waals surface area contributed by atoms with Crippen molar-refractivity contribution in [3.63, 3.8) is 0 Å². The van der Waals surface area contributed by atoms with Gasteiger partial charge in [-0.3, -0.25) is 4.90 Å². The van der Waals surface area contributed by atoms with Gasteiger partial charge in [-0.05, 0) is 33.6 Å². The molecule has 0 amide bonds. The van der Waals surface area contributed by atoms with Gasteiger partial charge in [0.1, 0.15) is 0 Å². The predicted octanol–water partition coefficient (Wildman–Crippen LogP) is 2.76. The van der Waals surface area contributed by atoms with E-state index < -0.39 is 0 Å². The Morgan fingerprint density at radius 1 is 0.818 bits per heavy atom. The van der Waals surface area contributed by atoms with E-state index in [1.54, 1.807) is 0 Å². The van der Waals surface area contributed by atoms with Gasteiger partial charge in [0.25, 0.3) is 0 Å². The van der Waals surface area contributed by atoms with E-state index in [1.807, 2.05) is 0 Å². The van der Waals surface area contributed by atoms with Gasteiger partial charge in [-0.1, -0.05) is 13.8 Å². The first kappa shape index (κ1) is 11.0. The fourth-order valence-electron chi connectivity index (χ4n) is 1.44. The Bertz CT molecular complexity index is 87.0. The minimum absolute atomic E-state index is 0.678. The summed E-state index contributed by atoms with van der Waals surface area (Å²) in [5, 5.41) is 0. The number of rotatable bonds is 4. The molecule has 0 atom stereocenters. The minimum Gasteiger partial charge on any atom is -0.298 e. The first-order valence-corrected chi connectivity index (χ1v) is 4.70. The molecule has 0 unspecified atom stereocenters. The van der Waals surface area contributed by atoms with Crippen LogP contribution in [0.4, 0.5) is 0 Å². The quantitative estimate of drug-likeness (QED) is 0.606. The molecule has 1 nitrogen and oxygen atoms in total. The van der Waals surface area contributed by atoms with E-state index in [0.29, 0.717) is 12.1 Å². The first-order valence-electron chi connectivity index (χ1n) is 4.70. The molecule has 68 valence electrons. The van der Waals surface area contributed by atoms with Gasteiger partial charge >= 0.3 is 0 Å². The number of nitrogens with zero attached hydrogens (tertiary/aromatic N) is 1. The predicted molar refractivity (Wildman–Crippen MR) is 51.8 cm³/mol. The summed E-state index contributed by atoms with van der Waals surface area (Å²) in [5.41, 5.74) is 0. The maximum absolute atomic E-state index is 2.53. The second kappa shape index (κ2) is 4.76. The molecule has 0 aromatic rings. The van der Waals surface area contributed by atoms with Crippen molar-refractivity contribution in [1.29, 1.82) is 0 Å². The van der Waals surface area contributed by atoms with Gasteiger partial charge in [0.2, 0.25) is 0 Å². The number of hydrogen-bond donors (Lipinski definition) is 0. The molecule has 0 aliphatic rings. The Morgan fingerprint density at radius 3 is 1.27 bits per heavy atom. The van der Waals surface area contributed by atoms with Gasteiger partial charge in [0.15, 0.2) is 0 Å². The lowest BCUT2D eigenvalue weighted by molar-refractivity contribution is 0.155.